The first-order valence-corrected chi connectivity index (χ1v) is 11.6. The highest BCUT2D eigenvalue weighted by Crippen LogP contribution is 2.57. The summed E-state index contributed by atoms with van der Waals surface area (Å²) in [5, 5.41) is 7.35. The molecule has 8 nitrogen and oxygen atoms in total. The van der Waals surface area contributed by atoms with Crippen LogP contribution in [0, 0.1) is 17.7 Å². The number of morpholine rings is 1. The number of hydrogen-bond acceptors (Lipinski definition) is 4. The van der Waals surface area contributed by atoms with E-state index in [2.05, 4.69) is 10.4 Å². The number of carbonyl (C=O) groups excluding carboxylic acids is 2. The van der Waals surface area contributed by atoms with Gasteiger partial charge in [-0.2, -0.15) is 18.3 Å². The minimum absolute atomic E-state index is 0.0502. The van der Waals surface area contributed by atoms with Crippen molar-refractivity contribution in [3.63, 3.8) is 0 Å². The Morgan fingerprint density at radius 1 is 1.11 bits per heavy atom. The summed E-state index contributed by atoms with van der Waals surface area (Å²) in [6, 6.07) is 4.34. The van der Waals surface area contributed by atoms with Gasteiger partial charge in [0.15, 0.2) is 0 Å². The lowest BCUT2D eigenvalue weighted by Crippen LogP contribution is -2.62. The molecule has 12 heteroatoms. The highest BCUT2D eigenvalue weighted by molar-refractivity contribution is 5.79. The van der Waals surface area contributed by atoms with Gasteiger partial charge < -0.3 is 19.9 Å². The van der Waals surface area contributed by atoms with E-state index in [-0.39, 0.29) is 54.1 Å². The molecule has 1 aromatic heterocycles. The van der Waals surface area contributed by atoms with E-state index >= 15 is 0 Å². The highest BCUT2D eigenvalue weighted by Gasteiger charge is 2.58. The van der Waals surface area contributed by atoms with E-state index in [0.29, 0.717) is 32.6 Å². The summed E-state index contributed by atoms with van der Waals surface area (Å²) in [6.45, 7) is 2.23. The summed E-state index contributed by atoms with van der Waals surface area (Å²) in [4.78, 5) is 28.3. The summed E-state index contributed by atoms with van der Waals surface area (Å²) >= 11 is 0. The number of nitrogens with zero attached hydrogens (tertiary/aromatic N) is 4. The Kier molecular flexibility index (Phi) is 5.06. The molecule has 1 aliphatic carbocycles. The summed E-state index contributed by atoms with van der Waals surface area (Å²) < 4.78 is 59.6. The van der Waals surface area contributed by atoms with Gasteiger partial charge in [0.05, 0.1) is 29.1 Å². The van der Waals surface area contributed by atoms with E-state index in [1.807, 2.05) is 4.90 Å². The van der Waals surface area contributed by atoms with Crippen LogP contribution in [0.3, 0.4) is 0 Å². The Labute approximate surface area is 197 Å². The second-order valence-electron chi connectivity index (χ2n) is 9.65. The summed E-state index contributed by atoms with van der Waals surface area (Å²) in [5.41, 5.74) is -0.435. The first-order chi connectivity index (χ1) is 16.7. The van der Waals surface area contributed by atoms with Gasteiger partial charge in [0, 0.05) is 38.3 Å². The molecule has 2 aromatic rings. The van der Waals surface area contributed by atoms with Gasteiger partial charge >= 0.3 is 12.2 Å². The molecule has 1 saturated carbocycles. The Hall–Kier alpha value is -3.15. The molecular weight excluding hydrogens is 470 g/mol. The van der Waals surface area contributed by atoms with Gasteiger partial charge in [-0.05, 0) is 42.5 Å². The van der Waals surface area contributed by atoms with Crippen LogP contribution in [0.25, 0.3) is 5.69 Å². The lowest BCUT2D eigenvalue weighted by molar-refractivity contribution is -0.140. The first kappa shape index (κ1) is 22.3. The van der Waals surface area contributed by atoms with E-state index in [1.165, 1.54) is 10.7 Å². The molecule has 1 aromatic carbocycles. The summed E-state index contributed by atoms with van der Waals surface area (Å²) in [7, 11) is 0. The van der Waals surface area contributed by atoms with Crippen molar-refractivity contribution >= 4 is 11.9 Å². The number of piperidine rings is 2. The van der Waals surface area contributed by atoms with Crippen LogP contribution >= 0.6 is 0 Å². The third-order valence-corrected chi connectivity index (χ3v) is 7.53. The van der Waals surface area contributed by atoms with Crippen LogP contribution in [0.15, 0.2) is 30.5 Å². The molecule has 0 spiro atoms. The zero-order valence-corrected chi connectivity index (χ0v) is 18.5. The van der Waals surface area contributed by atoms with Gasteiger partial charge in [0.1, 0.15) is 12.4 Å². The van der Waals surface area contributed by atoms with Crippen LogP contribution < -0.4 is 5.32 Å². The number of urea groups is 1. The number of alkyl halides is 3. The molecule has 0 unspecified atom stereocenters. The monoisotopic (exact) mass is 493 g/mol. The Morgan fingerprint density at radius 2 is 1.89 bits per heavy atom. The van der Waals surface area contributed by atoms with Crippen molar-refractivity contribution in [2.75, 3.05) is 32.8 Å². The second-order valence-corrected chi connectivity index (χ2v) is 9.65. The normalized spacial score (nSPS) is 30.1. The predicted octanol–water partition coefficient (Wildman–Crippen LogP) is 2.38. The topological polar surface area (TPSA) is 79.7 Å². The van der Waals surface area contributed by atoms with Crippen LogP contribution in [0.5, 0.6) is 0 Å². The van der Waals surface area contributed by atoms with Crippen LogP contribution in [0.4, 0.5) is 22.4 Å². The fraction of sp³-hybridized carbons (Fsp3) is 0.522. The number of carbonyl (C=O) groups is 2. The van der Waals surface area contributed by atoms with Gasteiger partial charge in [0.25, 0.3) is 0 Å². The second kappa shape index (κ2) is 7.94. The fourth-order valence-electron chi connectivity index (χ4n) is 5.73. The van der Waals surface area contributed by atoms with Gasteiger partial charge in [-0.1, -0.05) is 0 Å². The van der Waals surface area contributed by atoms with E-state index in [1.54, 1.807) is 17.2 Å². The van der Waals surface area contributed by atoms with Crippen molar-refractivity contribution in [3.05, 3.63) is 47.5 Å². The molecule has 4 heterocycles. The maximum Gasteiger partial charge on any atom is 0.419 e. The number of nitrogens with one attached hydrogen (secondary N) is 1. The standard InChI is InChI=1S/C23H23F4N5O3/c24-16-2-1-12(7-15(16)23(25,26)27)32-6-3-17(29-32)21-13-8-31(9-14(13)21)22(34)30-5-4-19-18(10-30)28-20(33)11-35-19/h1-3,6-7,13-14,18-19,21H,4-5,8-11H2,(H,28,33)/t13-,14+,18-,19+,21-/m1/s1. The number of hydrogen-bond donors (Lipinski definition) is 1. The third-order valence-electron chi connectivity index (χ3n) is 7.53. The highest BCUT2D eigenvalue weighted by atomic mass is 19.4. The minimum Gasteiger partial charge on any atom is -0.366 e. The van der Waals surface area contributed by atoms with Gasteiger partial charge in [-0.3, -0.25) is 4.79 Å². The molecule has 5 atom stereocenters. The van der Waals surface area contributed by atoms with Crippen molar-refractivity contribution in [2.24, 2.45) is 11.8 Å². The fourth-order valence-corrected chi connectivity index (χ4v) is 5.73. The maximum absolute atomic E-state index is 13.6. The largest absolute Gasteiger partial charge is 0.419 e. The summed E-state index contributed by atoms with van der Waals surface area (Å²) in [5.74, 6) is -0.856. The number of halogens is 4. The van der Waals surface area contributed by atoms with E-state index in [4.69, 9.17) is 4.74 Å². The first-order valence-electron chi connectivity index (χ1n) is 11.6. The Bertz CT molecular complexity index is 1170. The predicted molar refractivity (Wildman–Crippen MR) is 113 cm³/mol. The van der Waals surface area contributed by atoms with E-state index in [0.717, 1.165) is 17.8 Å². The van der Waals surface area contributed by atoms with Gasteiger partial charge in [-0.25, -0.2) is 13.9 Å². The smallest absolute Gasteiger partial charge is 0.366 e. The molecular formula is C23H23F4N5O3. The van der Waals surface area contributed by atoms with Crippen LogP contribution in [0.2, 0.25) is 0 Å². The molecule has 3 amide bonds. The number of aromatic nitrogens is 2. The van der Waals surface area contributed by atoms with Crippen molar-refractivity contribution in [2.45, 2.75) is 30.7 Å². The lowest BCUT2D eigenvalue weighted by atomic mass is 10.0. The molecule has 3 saturated heterocycles. The summed E-state index contributed by atoms with van der Waals surface area (Å²) in [6.07, 6.45) is -2.59. The lowest BCUT2D eigenvalue weighted by Gasteiger charge is -2.42. The van der Waals surface area contributed by atoms with Crippen LogP contribution in [0.1, 0.15) is 23.6 Å². The minimum atomic E-state index is -4.79. The quantitative estimate of drug-likeness (QED) is 0.652. The molecule has 3 aliphatic heterocycles. The van der Waals surface area contributed by atoms with Crippen molar-refractivity contribution in [1.82, 2.24) is 24.9 Å². The molecule has 4 aliphatic rings. The molecule has 6 rings (SSSR count). The number of amides is 3. The van der Waals surface area contributed by atoms with Crippen molar-refractivity contribution in [3.8, 4) is 5.69 Å². The number of benzene rings is 1. The van der Waals surface area contributed by atoms with Crippen molar-refractivity contribution < 1.29 is 31.9 Å². The number of rotatable bonds is 2. The molecule has 186 valence electrons. The van der Waals surface area contributed by atoms with E-state index < -0.39 is 17.6 Å². The zero-order valence-electron chi connectivity index (χ0n) is 18.5. The average molecular weight is 493 g/mol. The SMILES string of the molecule is O=C1CO[C@H]2CCN(C(=O)N3C[C@@H]4[C@H](C3)[C@@H]4c3ccn(-c4ccc(F)c(C(F)(F)F)c4)n3)C[C@H]2N1. The zero-order chi connectivity index (χ0) is 24.5. The molecule has 0 radical (unpaired) electrons. The molecule has 4 fully saturated rings. The average Bonchev–Trinajstić information content (AvgIpc) is 3.18. The molecule has 35 heavy (non-hydrogen) atoms. The molecule has 0 bridgehead atoms. The van der Waals surface area contributed by atoms with Crippen LogP contribution in [-0.2, 0) is 15.7 Å². The van der Waals surface area contributed by atoms with E-state index in [9.17, 15) is 27.2 Å². The number of fused-ring (bicyclic) bond motifs is 2. The Morgan fingerprint density at radius 3 is 2.63 bits per heavy atom. The van der Waals surface area contributed by atoms with Crippen molar-refractivity contribution in [1.29, 1.82) is 0 Å². The van der Waals surface area contributed by atoms with Crippen LogP contribution in [-0.4, -0.2) is 76.5 Å². The third kappa shape index (κ3) is 3.93. The maximum atomic E-state index is 13.6. The number of ether oxygens (including phenoxy) is 1. The van der Waals surface area contributed by atoms with Gasteiger partial charge in [0.2, 0.25) is 5.91 Å². The van der Waals surface area contributed by atoms with Gasteiger partial charge in [-0.15, -0.1) is 0 Å². The Balaban J connectivity index is 1.08. The number of likely N-dealkylation sites (tertiary alicyclic amines) is 2. The molecule has 1 N–H and O–H groups in total.